The fourth-order valence-electron chi connectivity index (χ4n) is 1.94. The molecule has 3 nitrogen and oxygen atoms in total. The predicted octanol–water partition coefficient (Wildman–Crippen LogP) is 6.43. The van der Waals surface area contributed by atoms with Gasteiger partial charge in [0.05, 0.1) is 10.0 Å². The summed E-state index contributed by atoms with van der Waals surface area (Å²) in [6.45, 7) is 5.75. The summed E-state index contributed by atoms with van der Waals surface area (Å²) in [7, 11) is -3.06. The smallest absolute Gasteiger partial charge is 0.338 e. The first-order valence-corrected chi connectivity index (χ1v) is 9.70. The van der Waals surface area contributed by atoms with Gasteiger partial charge in [0.2, 0.25) is 0 Å². The van der Waals surface area contributed by atoms with Gasteiger partial charge >= 0.3 is 7.52 Å². The zero-order valence-corrected chi connectivity index (χ0v) is 15.0. The van der Waals surface area contributed by atoms with Crippen molar-refractivity contribution in [2.45, 2.75) is 19.8 Å². The van der Waals surface area contributed by atoms with Crippen molar-refractivity contribution in [1.29, 1.82) is 0 Å². The van der Waals surface area contributed by atoms with Gasteiger partial charge in [-0.05, 0) is 41.8 Å². The minimum atomic E-state index is -3.06. The molecule has 1 N–H and O–H groups in total. The molecule has 2 aromatic carbocycles. The highest BCUT2D eigenvalue weighted by Gasteiger charge is 2.18. The van der Waals surface area contributed by atoms with Crippen LogP contribution < -0.4 is 9.61 Å². The summed E-state index contributed by atoms with van der Waals surface area (Å²) in [5.74, 6) is 1.000. The fourth-order valence-corrected chi connectivity index (χ4v) is 3.41. The normalized spacial score (nSPS) is 13.7. The molecule has 0 aliphatic carbocycles. The van der Waals surface area contributed by atoms with Gasteiger partial charge in [0.15, 0.2) is 0 Å². The lowest BCUT2D eigenvalue weighted by Crippen LogP contribution is -2.02. The summed E-state index contributed by atoms with van der Waals surface area (Å²) in [5, 5.41) is 3.71. The van der Waals surface area contributed by atoms with Gasteiger partial charge in [0, 0.05) is 12.4 Å². The molecular formula is C16H18Cl2NO2P. The topological polar surface area (TPSA) is 38.3 Å². The van der Waals surface area contributed by atoms with Crippen LogP contribution in [0.4, 0.5) is 5.69 Å². The molecular weight excluding hydrogens is 340 g/mol. The Labute approximate surface area is 141 Å². The van der Waals surface area contributed by atoms with E-state index in [0.717, 1.165) is 0 Å². The predicted molar refractivity (Wildman–Crippen MR) is 94.8 cm³/mol. The summed E-state index contributed by atoms with van der Waals surface area (Å²) in [5.41, 5.74) is 1.80. The van der Waals surface area contributed by atoms with Crippen LogP contribution in [0.5, 0.6) is 5.75 Å². The first kappa shape index (κ1) is 17.2. The van der Waals surface area contributed by atoms with Crippen molar-refractivity contribution >= 4 is 36.4 Å². The van der Waals surface area contributed by atoms with Crippen LogP contribution in [0, 0.1) is 0 Å². The van der Waals surface area contributed by atoms with E-state index in [0.29, 0.717) is 27.4 Å². The lowest BCUT2D eigenvalue weighted by atomic mass is 10.0. The maximum Gasteiger partial charge on any atom is 0.338 e. The minimum Gasteiger partial charge on any atom is -0.429 e. The van der Waals surface area contributed by atoms with Gasteiger partial charge in [0.1, 0.15) is 5.75 Å². The Morgan fingerprint density at radius 3 is 2.23 bits per heavy atom. The van der Waals surface area contributed by atoms with Crippen molar-refractivity contribution in [3.8, 4) is 5.75 Å². The van der Waals surface area contributed by atoms with E-state index in [2.05, 4.69) is 18.9 Å². The Balaban J connectivity index is 2.09. The van der Waals surface area contributed by atoms with E-state index in [-0.39, 0.29) is 0 Å². The molecule has 0 unspecified atom stereocenters. The summed E-state index contributed by atoms with van der Waals surface area (Å²) in [6.07, 6.45) is 0. The highest BCUT2D eigenvalue weighted by molar-refractivity contribution is 7.60. The van der Waals surface area contributed by atoms with E-state index in [1.165, 1.54) is 12.2 Å². The van der Waals surface area contributed by atoms with Gasteiger partial charge in [-0.15, -0.1) is 0 Å². The molecule has 0 saturated heterocycles. The number of hydrogen-bond donors (Lipinski definition) is 1. The van der Waals surface area contributed by atoms with E-state index in [1.54, 1.807) is 18.2 Å². The maximum absolute atomic E-state index is 12.6. The monoisotopic (exact) mass is 357 g/mol. The molecule has 6 heteroatoms. The molecule has 0 aliphatic rings. The van der Waals surface area contributed by atoms with Crippen molar-refractivity contribution in [2.24, 2.45) is 0 Å². The number of rotatable bonds is 5. The minimum absolute atomic E-state index is 0.396. The van der Waals surface area contributed by atoms with Crippen LogP contribution in [0.3, 0.4) is 0 Å². The Morgan fingerprint density at radius 2 is 1.68 bits per heavy atom. The van der Waals surface area contributed by atoms with Crippen LogP contribution in [0.15, 0.2) is 42.5 Å². The molecule has 0 spiro atoms. The fraction of sp³-hybridized carbons (Fsp3) is 0.250. The van der Waals surface area contributed by atoms with Crippen LogP contribution in [0.25, 0.3) is 0 Å². The second-order valence-electron chi connectivity index (χ2n) is 5.40. The maximum atomic E-state index is 12.6. The van der Waals surface area contributed by atoms with Crippen molar-refractivity contribution < 1.29 is 9.09 Å². The molecule has 0 radical (unpaired) electrons. The number of halogens is 2. The first-order valence-electron chi connectivity index (χ1n) is 6.87. The third-order valence-corrected chi connectivity index (χ3v) is 5.04. The lowest BCUT2D eigenvalue weighted by molar-refractivity contribution is 0.493. The molecule has 0 heterocycles. The Bertz CT molecular complexity index is 702. The average Bonchev–Trinajstić information content (AvgIpc) is 2.42. The Morgan fingerprint density at radius 1 is 1.05 bits per heavy atom. The van der Waals surface area contributed by atoms with E-state index >= 15 is 0 Å². The number of benzene rings is 2. The van der Waals surface area contributed by atoms with Crippen LogP contribution in [0.1, 0.15) is 25.3 Å². The van der Waals surface area contributed by atoms with Crippen LogP contribution >= 0.6 is 30.7 Å². The lowest BCUT2D eigenvalue weighted by Gasteiger charge is -2.18. The SMILES string of the molecule is CC(C)c1ccc(O[P@](C)(=O)Nc2ccc(Cl)c(Cl)c2)cc1. The largest absolute Gasteiger partial charge is 0.429 e. The number of hydrogen-bond acceptors (Lipinski definition) is 2. The number of anilines is 1. The molecule has 0 aromatic heterocycles. The average molecular weight is 358 g/mol. The second-order valence-corrected chi connectivity index (χ2v) is 8.31. The van der Waals surface area contributed by atoms with Crippen molar-refractivity contribution in [3.63, 3.8) is 0 Å². The van der Waals surface area contributed by atoms with E-state index in [1.807, 2.05) is 24.3 Å². The van der Waals surface area contributed by atoms with Crippen molar-refractivity contribution in [3.05, 3.63) is 58.1 Å². The van der Waals surface area contributed by atoms with E-state index < -0.39 is 7.52 Å². The summed E-state index contributed by atoms with van der Waals surface area (Å²) in [6, 6.07) is 12.5. The number of nitrogens with one attached hydrogen (secondary N) is 1. The summed E-state index contributed by atoms with van der Waals surface area (Å²) >= 11 is 11.8. The zero-order chi connectivity index (χ0) is 16.3. The standard InChI is InChI=1S/C16H18Cl2NO2P/c1-11(2)12-4-7-14(8-5-12)21-22(3,20)19-13-6-9-15(17)16(18)10-13/h4-11H,1-3H3,(H,19,20)/t22-/m0/s1. The summed E-state index contributed by atoms with van der Waals surface area (Å²) in [4.78, 5) is 0. The molecule has 0 bridgehead atoms. The molecule has 2 rings (SSSR count). The first-order chi connectivity index (χ1) is 10.3. The van der Waals surface area contributed by atoms with Gasteiger partial charge in [-0.3, -0.25) is 4.57 Å². The van der Waals surface area contributed by atoms with Crippen molar-refractivity contribution in [2.75, 3.05) is 11.8 Å². The van der Waals surface area contributed by atoms with Crippen LogP contribution in [-0.2, 0) is 4.57 Å². The molecule has 0 aliphatic heterocycles. The quantitative estimate of drug-likeness (QED) is 0.626. The van der Waals surface area contributed by atoms with E-state index in [9.17, 15) is 4.57 Å². The highest BCUT2D eigenvalue weighted by atomic mass is 35.5. The third-order valence-electron chi connectivity index (χ3n) is 3.08. The molecule has 1 atom stereocenters. The Hall–Kier alpha value is -1.15. The molecule has 2 aromatic rings. The molecule has 0 saturated carbocycles. The molecule has 0 fully saturated rings. The van der Waals surface area contributed by atoms with E-state index in [4.69, 9.17) is 27.7 Å². The van der Waals surface area contributed by atoms with Gasteiger partial charge in [-0.25, -0.2) is 0 Å². The second kappa shape index (κ2) is 6.95. The van der Waals surface area contributed by atoms with Gasteiger partial charge < -0.3 is 9.61 Å². The molecule has 118 valence electrons. The van der Waals surface area contributed by atoms with Crippen LogP contribution in [0.2, 0.25) is 10.0 Å². The molecule has 22 heavy (non-hydrogen) atoms. The highest BCUT2D eigenvalue weighted by Crippen LogP contribution is 2.44. The van der Waals surface area contributed by atoms with Crippen LogP contribution in [-0.4, -0.2) is 6.66 Å². The summed E-state index contributed by atoms with van der Waals surface area (Å²) < 4.78 is 18.1. The zero-order valence-electron chi connectivity index (χ0n) is 12.6. The van der Waals surface area contributed by atoms with Crippen molar-refractivity contribution in [1.82, 2.24) is 0 Å². The van der Waals surface area contributed by atoms with Gasteiger partial charge in [-0.1, -0.05) is 49.2 Å². The van der Waals surface area contributed by atoms with Gasteiger partial charge in [0.25, 0.3) is 0 Å². The third kappa shape index (κ3) is 4.67. The van der Waals surface area contributed by atoms with Gasteiger partial charge in [-0.2, -0.15) is 0 Å². The Kier molecular flexibility index (Phi) is 5.44. The molecule has 0 amide bonds.